The molecule has 114 valence electrons. The predicted molar refractivity (Wildman–Crippen MR) is 77.2 cm³/mol. The second-order valence-electron chi connectivity index (χ2n) is 4.70. The van der Waals surface area contributed by atoms with Gasteiger partial charge in [0, 0.05) is 18.5 Å². The van der Waals surface area contributed by atoms with E-state index in [0.717, 1.165) is 5.56 Å². The predicted octanol–water partition coefficient (Wildman–Crippen LogP) is 0.0363. The molecule has 6 N–H and O–H groups in total. The number of hydrogen-bond acceptors (Lipinski definition) is 4. The van der Waals surface area contributed by atoms with Crippen molar-refractivity contribution >= 4 is 23.5 Å². The lowest BCUT2D eigenvalue weighted by Crippen LogP contribution is -2.41. The van der Waals surface area contributed by atoms with Gasteiger partial charge >= 0.3 is 5.97 Å². The average Bonchev–Trinajstić information content (AvgIpc) is 2.42. The topological polar surface area (TPSA) is 136 Å². The van der Waals surface area contributed by atoms with Crippen LogP contribution in [0.5, 0.6) is 0 Å². The summed E-state index contributed by atoms with van der Waals surface area (Å²) in [7, 11) is 0. The van der Waals surface area contributed by atoms with Crippen LogP contribution in [0.25, 0.3) is 0 Å². The number of carboxylic acid groups (broad SMARTS) is 1. The highest BCUT2D eigenvalue weighted by atomic mass is 16.4. The minimum Gasteiger partial charge on any atom is -0.480 e. The maximum absolute atomic E-state index is 11.7. The molecule has 0 fully saturated rings. The standard InChI is InChI=1S/C14H19N3O4/c15-10-4-1-9(2-5-10)3-8-13(19)17-11(14(20)21)6-7-12(16)18/h1-2,4-5,11H,3,6-8,15H2,(H2,16,18)(H,17,19)(H,20,21)/t11-/m0/s1. The number of carbonyl (C=O) groups is 3. The lowest BCUT2D eigenvalue weighted by molar-refractivity contribution is -0.142. The van der Waals surface area contributed by atoms with Gasteiger partial charge in [0.05, 0.1) is 0 Å². The Morgan fingerprint density at radius 2 is 1.76 bits per heavy atom. The SMILES string of the molecule is NC(=O)CC[C@H](NC(=O)CCc1ccc(N)cc1)C(=O)O. The van der Waals surface area contributed by atoms with Crippen LogP contribution in [0.4, 0.5) is 5.69 Å². The number of aryl methyl sites for hydroxylation is 1. The normalized spacial score (nSPS) is 11.6. The van der Waals surface area contributed by atoms with Crippen molar-refractivity contribution in [3.05, 3.63) is 29.8 Å². The Morgan fingerprint density at radius 1 is 1.14 bits per heavy atom. The summed E-state index contributed by atoms with van der Waals surface area (Å²) in [5, 5.41) is 11.4. The molecule has 0 heterocycles. The Hall–Kier alpha value is -2.57. The second kappa shape index (κ2) is 7.88. The molecule has 0 radical (unpaired) electrons. The first-order valence-electron chi connectivity index (χ1n) is 6.53. The fourth-order valence-corrected chi connectivity index (χ4v) is 1.75. The number of primary amides is 1. The molecule has 2 amide bonds. The number of carboxylic acids is 1. The first kappa shape index (κ1) is 16.5. The molecule has 0 aromatic heterocycles. The summed E-state index contributed by atoms with van der Waals surface area (Å²) in [6.45, 7) is 0. The Morgan fingerprint density at radius 3 is 2.29 bits per heavy atom. The summed E-state index contributed by atoms with van der Waals surface area (Å²) >= 11 is 0. The average molecular weight is 293 g/mol. The third kappa shape index (κ3) is 6.42. The molecule has 0 bridgehead atoms. The lowest BCUT2D eigenvalue weighted by Gasteiger charge is -2.13. The monoisotopic (exact) mass is 293 g/mol. The van der Waals surface area contributed by atoms with Crippen LogP contribution in [0.1, 0.15) is 24.8 Å². The van der Waals surface area contributed by atoms with Crippen molar-refractivity contribution in [3.8, 4) is 0 Å². The van der Waals surface area contributed by atoms with E-state index in [1.807, 2.05) is 12.1 Å². The van der Waals surface area contributed by atoms with E-state index < -0.39 is 17.9 Å². The van der Waals surface area contributed by atoms with Crippen molar-refractivity contribution in [2.75, 3.05) is 5.73 Å². The van der Waals surface area contributed by atoms with Crippen LogP contribution in [0, 0.1) is 0 Å². The van der Waals surface area contributed by atoms with Gasteiger partial charge in [-0.1, -0.05) is 12.1 Å². The highest BCUT2D eigenvalue weighted by Gasteiger charge is 2.20. The van der Waals surface area contributed by atoms with Gasteiger partial charge < -0.3 is 21.9 Å². The summed E-state index contributed by atoms with van der Waals surface area (Å²) in [6.07, 6.45) is 0.534. The Kier molecular flexibility index (Phi) is 6.19. The number of rotatable bonds is 8. The van der Waals surface area contributed by atoms with E-state index in [1.165, 1.54) is 0 Å². The first-order valence-corrected chi connectivity index (χ1v) is 6.53. The molecule has 1 aromatic rings. The highest BCUT2D eigenvalue weighted by molar-refractivity contribution is 5.84. The quantitative estimate of drug-likeness (QED) is 0.502. The number of nitrogens with one attached hydrogen (secondary N) is 1. The van der Waals surface area contributed by atoms with Gasteiger partial charge in [-0.05, 0) is 30.5 Å². The first-order chi connectivity index (χ1) is 9.88. The van der Waals surface area contributed by atoms with Gasteiger partial charge in [0.2, 0.25) is 11.8 Å². The van der Waals surface area contributed by atoms with E-state index in [9.17, 15) is 14.4 Å². The maximum Gasteiger partial charge on any atom is 0.326 e. The minimum absolute atomic E-state index is 0.0156. The zero-order valence-electron chi connectivity index (χ0n) is 11.5. The van der Waals surface area contributed by atoms with Gasteiger partial charge in [-0.15, -0.1) is 0 Å². The second-order valence-corrected chi connectivity index (χ2v) is 4.70. The van der Waals surface area contributed by atoms with E-state index in [4.69, 9.17) is 16.6 Å². The molecule has 0 saturated carbocycles. The molecule has 0 unspecified atom stereocenters. The summed E-state index contributed by atoms with van der Waals surface area (Å²) < 4.78 is 0. The molecule has 7 nitrogen and oxygen atoms in total. The van der Waals surface area contributed by atoms with Crippen molar-refractivity contribution in [1.29, 1.82) is 0 Å². The third-order valence-corrected chi connectivity index (χ3v) is 2.93. The fourth-order valence-electron chi connectivity index (χ4n) is 1.75. The highest BCUT2D eigenvalue weighted by Crippen LogP contribution is 2.08. The third-order valence-electron chi connectivity index (χ3n) is 2.93. The van der Waals surface area contributed by atoms with Crippen molar-refractivity contribution in [3.63, 3.8) is 0 Å². The van der Waals surface area contributed by atoms with Crippen LogP contribution in [0.3, 0.4) is 0 Å². The molecule has 1 aromatic carbocycles. The van der Waals surface area contributed by atoms with E-state index >= 15 is 0 Å². The van der Waals surface area contributed by atoms with Gasteiger partial charge in [0.15, 0.2) is 0 Å². The molecule has 0 aliphatic carbocycles. The number of nitrogens with two attached hydrogens (primary N) is 2. The smallest absolute Gasteiger partial charge is 0.326 e. The van der Waals surface area contributed by atoms with Gasteiger partial charge in [0.25, 0.3) is 0 Å². The van der Waals surface area contributed by atoms with Crippen LogP contribution in [0.15, 0.2) is 24.3 Å². The van der Waals surface area contributed by atoms with Crippen LogP contribution in [0.2, 0.25) is 0 Å². The number of carbonyl (C=O) groups excluding carboxylic acids is 2. The number of hydrogen-bond donors (Lipinski definition) is 4. The van der Waals surface area contributed by atoms with Gasteiger partial charge in [0.1, 0.15) is 6.04 Å². The van der Waals surface area contributed by atoms with Crippen molar-refractivity contribution < 1.29 is 19.5 Å². The maximum atomic E-state index is 11.7. The molecular weight excluding hydrogens is 274 g/mol. The van der Waals surface area contributed by atoms with Gasteiger partial charge in [-0.2, -0.15) is 0 Å². The van der Waals surface area contributed by atoms with Crippen LogP contribution >= 0.6 is 0 Å². The number of amides is 2. The number of aliphatic carboxylic acids is 1. The van der Waals surface area contributed by atoms with Crippen LogP contribution in [-0.2, 0) is 20.8 Å². The Balaban J connectivity index is 2.44. The van der Waals surface area contributed by atoms with Crippen molar-refractivity contribution in [1.82, 2.24) is 5.32 Å². The minimum atomic E-state index is -1.18. The van der Waals surface area contributed by atoms with Gasteiger partial charge in [-0.25, -0.2) is 4.79 Å². The molecule has 0 saturated heterocycles. The van der Waals surface area contributed by atoms with E-state index in [-0.39, 0.29) is 25.2 Å². The zero-order chi connectivity index (χ0) is 15.8. The summed E-state index contributed by atoms with van der Waals surface area (Å²) in [4.78, 5) is 33.4. The molecule has 21 heavy (non-hydrogen) atoms. The number of nitrogen functional groups attached to an aromatic ring is 1. The van der Waals surface area contributed by atoms with Gasteiger partial charge in [-0.3, -0.25) is 9.59 Å². The van der Waals surface area contributed by atoms with E-state index in [1.54, 1.807) is 12.1 Å². The Bertz CT molecular complexity index is 513. The number of anilines is 1. The largest absolute Gasteiger partial charge is 0.480 e. The van der Waals surface area contributed by atoms with Crippen molar-refractivity contribution in [2.24, 2.45) is 5.73 Å². The van der Waals surface area contributed by atoms with E-state index in [0.29, 0.717) is 12.1 Å². The lowest BCUT2D eigenvalue weighted by atomic mass is 10.1. The Labute approximate surface area is 122 Å². The van der Waals surface area contributed by atoms with Crippen LogP contribution < -0.4 is 16.8 Å². The molecule has 0 spiro atoms. The van der Waals surface area contributed by atoms with Crippen molar-refractivity contribution in [2.45, 2.75) is 31.7 Å². The zero-order valence-corrected chi connectivity index (χ0v) is 11.5. The molecule has 7 heteroatoms. The summed E-state index contributed by atoms with van der Waals surface area (Å²) in [5.41, 5.74) is 12.1. The fraction of sp³-hybridized carbons (Fsp3) is 0.357. The molecule has 0 aliphatic heterocycles. The molecular formula is C14H19N3O4. The summed E-state index contributed by atoms with van der Waals surface area (Å²) in [6, 6.07) is 5.99. The van der Waals surface area contributed by atoms with Crippen LogP contribution in [-0.4, -0.2) is 28.9 Å². The molecule has 0 aliphatic rings. The number of benzene rings is 1. The molecule has 1 rings (SSSR count). The molecule has 1 atom stereocenters. The summed E-state index contributed by atoms with van der Waals surface area (Å²) in [5.74, 6) is -2.17. The van der Waals surface area contributed by atoms with E-state index in [2.05, 4.69) is 5.32 Å².